The summed E-state index contributed by atoms with van der Waals surface area (Å²) in [6, 6.07) is 8.11. The van der Waals surface area contributed by atoms with Crippen molar-refractivity contribution in [2.24, 2.45) is 0 Å². The molecule has 0 unspecified atom stereocenters. The normalized spacial score (nSPS) is 12.7. The fourth-order valence-electron chi connectivity index (χ4n) is 2.39. The van der Waals surface area contributed by atoms with Crippen molar-refractivity contribution in [2.75, 3.05) is 5.73 Å². The van der Waals surface area contributed by atoms with Crippen molar-refractivity contribution in [1.29, 1.82) is 0 Å². The molecule has 0 saturated carbocycles. The van der Waals surface area contributed by atoms with Crippen LogP contribution in [0.25, 0.3) is 10.9 Å². The SMILES string of the molecule is Nc1c2c(nc3ccccc13)CCC2.O=C(O)C=CC(=O)O. The molecule has 2 aromatic rings. The predicted octanol–water partition coefficient (Wildman–Crippen LogP) is 2.02. The van der Waals surface area contributed by atoms with E-state index < -0.39 is 11.9 Å². The van der Waals surface area contributed by atoms with Crippen LogP contribution in [0.2, 0.25) is 0 Å². The molecule has 6 heteroatoms. The van der Waals surface area contributed by atoms with Crippen LogP contribution in [0, 0.1) is 0 Å². The van der Waals surface area contributed by atoms with Crippen molar-refractivity contribution in [3.8, 4) is 0 Å². The molecule has 22 heavy (non-hydrogen) atoms. The molecule has 0 atom stereocenters. The lowest BCUT2D eigenvalue weighted by atomic mass is 10.1. The van der Waals surface area contributed by atoms with Gasteiger partial charge in [0.2, 0.25) is 0 Å². The van der Waals surface area contributed by atoms with E-state index in [2.05, 4.69) is 11.1 Å². The first-order chi connectivity index (χ1) is 10.5. The maximum Gasteiger partial charge on any atom is 0.328 e. The quantitative estimate of drug-likeness (QED) is 0.731. The minimum absolute atomic E-state index is 0.558. The van der Waals surface area contributed by atoms with E-state index in [1.54, 1.807) is 0 Å². The number of nitrogen functional groups attached to an aromatic ring is 1. The van der Waals surface area contributed by atoms with Gasteiger partial charge in [-0.25, -0.2) is 9.59 Å². The van der Waals surface area contributed by atoms with Crippen LogP contribution >= 0.6 is 0 Å². The number of hydrogen-bond acceptors (Lipinski definition) is 4. The second-order valence-electron chi connectivity index (χ2n) is 4.83. The third-order valence-corrected chi connectivity index (χ3v) is 3.33. The molecule has 0 radical (unpaired) electrons. The first kappa shape index (κ1) is 15.5. The van der Waals surface area contributed by atoms with Crippen molar-refractivity contribution in [3.63, 3.8) is 0 Å². The lowest BCUT2D eigenvalue weighted by Gasteiger charge is -2.07. The van der Waals surface area contributed by atoms with Crippen LogP contribution in [0.1, 0.15) is 17.7 Å². The van der Waals surface area contributed by atoms with Crippen LogP contribution in [0.4, 0.5) is 5.69 Å². The van der Waals surface area contributed by atoms with E-state index in [1.807, 2.05) is 18.2 Å². The molecule has 4 N–H and O–H groups in total. The highest BCUT2D eigenvalue weighted by Gasteiger charge is 2.17. The van der Waals surface area contributed by atoms with Crippen LogP contribution in [-0.2, 0) is 22.4 Å². The number of para-hydroxylation sites is 1. The van der Waals surface area contributed by atoms with Crippen molar-refractivity contribution in [1.82, 2.24) is 4.98 Å². The monoisotopic (exact) mass is 300 g/mol. The molecule has 0 fully saturated rings. The van der Waals surface area contributed by atoms with Crippen LogP contribution in [0.15, 0.2) is 36.4 Å². The predicted molar refractivity (Wildman–Crippen MR) is 82.6 cm³/mol. The highest BCUT2D eigenvalue weighted by atomic mass is 16.4. The maximum atomic E-state index is 9.55. The second kappa shape index (κ2) is 6.71. The van der Waals surface area contributed by atoms with Gasteiger partial charge in [0.1, 0.15) is 0 Å². The number of carbonyl (C=O) groups is 2. The van der Waals surface area contributed by atoms with Crippen molar-refractivity contribution in [3.05, 3.63) is 47.7 Å². The summed E-state index contributed by atoms with van der Waals surface area (Å²) in [5.74, 6) is -2.51. The number of carboxylic acid groups (broad SMARTS) is 2. The van der Waals surface area contributed by atoms with Crippen molar-refractivity contribution >= 4 is 28.5 Å². The molecule has 0 saturated heterocycles. The number of aliphatic carboxylic acids is 2. The first-order valence-corrected chi connectivity index (χ1v) is 6.79. The number of fused-ring (bicyclic) bond motifs is 2. The molecular weight excluding hydrogens is 284 g/mol. The van der Waals surface area contributed by atoms with Gasteiger partial charge in [-0.15, -0.1) is 0 Å². The number of carboxylic acids is 2. The fourth-order valence-corrected chi connectivity index (χ4v) is 2.39. The van der Waals surface area contributed by atoms with E-state index in [9.17, 15) is 9.59 Å². The number of nitrogens with zero attached hydrogens (tertiary/aromatic N) is 1. The van der Waals surface area contributed by atoms with Gasteiger partial charge in [0.25, 0.3) is 0 Å². The number of anilines is 1. The Labute approximate surface area is 126 Å². The average Bonchev–Trinajstić information content (AvgIpc) is 2.95. The summed E-state index contributed by atoms with van der Waals surface area (Å²) in [4.78, 5) is 23.7. The van der Waals surface area contributed by atoms with E-state index in [1.165, 1.54) is 17.7 Å². The molecule has 0 bridgehead atoms. The first-order valence-electron chi connectivity index (χ1n) is 6.79. The molecule has 0 amide bonds. The second-order valence-corrected chi connectivity index (χ2v) is 4.83. The maximum absolute atomic E-state index is 9.55. The van der Waals surface area contributed by atoms with E-state index in [0.29, 0.717) is 12.2 Å². The van der Waals surface area contributed by atoms with Gasteiger partial charge in [-0.05, 0) is 30.9 Å². The number of aryl methyl sites for hydroxylation is 1. The van der Waals surface area contributed by atoms with Gasteiger partial charge in [-0.3, -0.25) is 4.98 Å². The molecule has 3 rings (SSSR count). The minimum atomic E-state index is -1.26. The zero-order chi connectivity index (χ0) is 16.1. The number of rotatable bonds is 2. The Balaban J connectivity index is 0.000000192. The van der Waals surface area contributed by atoms with E-state index in [4.69, 9.17) is 15.9 Å². The van der Waals surface area contributed by atoms with Crippen molar-refractivity contribution in [2.45, 2.75) is 19.3 Å². The third-order valence-electron chi connectivity index (χ3n) is 3.33. The van der Waals surface area contributed by atoms with Crippen LogP contribution < -0.4 is 5.73 Å². The summed E-state index contributed by atoms with van der Waals surface area (Å²) in [6.07, 6.45) is 4.50. The highest BCUT2D eigenvalue weighted by Crippen LogP contribution is 2.31. The van der Waals surface area contributed by atoms with Gasteiger partial charge in [-0.1, -0.05) is 18.2 Å². The molecule has 1 heterocycles. The summed E-state index contributed by atoms with van der Waals surface area (Å²) in [7, 11) is 0. The summed E-state index contributed by atoms with van der Waals surface area (Å²) >= 11 is 0. The smallest absolute Gasteiger partial charge is 0.328 e. The average molecular weight is 300 g/mol. The summed E-state index contributed by atoms with van der Waals surface area (Å²) < 4.78 is 0. The Morgan fingerprint density at radius 3 is 2.36 bits per heavy atom. The van der Waals surface area contributed by atoms with Gasteiger partial charge in [0.05, 0.1) is 5.52 Å². The minimum Gasteiger partial charge on any atom is -0.478 e. The lowest BCUT2D eigenvalue weighted by Crippen LogP contribution is -1.97. The molecular formula is C16H16N2O4. The van der Waals surface area contributed by atoms with E-state index >= 15 is 0 Å². The molecule has 1 aliphatic rings. The van der Waals surface area contributed by atoms with Gasteiger partial charge >= 0.3 is 11.9 Å². The lowest BCUT2D eigenvalue weighted by molar-refractivity contribution is -0.134. The zero-order valence-corrected chi connectivity index (χ0v) is 11.8. The molecule has 0 spiro atoms. The van der Waals surface area contributed by atoms with Crippen LogP contribution in [0.3, 0.4) is 0 Å². The summed E-state index contributed by atoms with van der Waals surface area (Å²) in [6.45, 7) is 0. The Morgan fingerprint density at radius 1 is 1.09 bits per heavy atom. The largest absolute Gasteiger partial charge is 0.478 e. The molecule has 114 valence electrons. The molecule has 6 nitrogen and oxygen atoms in total. The molecule has 1 aliphatic carbocycles. The topological polar surface area (TPSA) is 114 Å². The summed E-state index contributed by atoms with van der Waals surface area (Å²) in [5, 5.41) is 16.7. The number of hydrogen-bond donors (Lipinski definition) is 3. The van der Waals surface area contributed by atoms with E-state index in [-0.39, 0.29) is 0 Å². The number of aromatic nitrogens is 1. The van der Waals surface area contributed by atoms with Crippen LogP contribution in [0.5, 0.6) is 0 Å². The van der Waals surface area contributed by atoms with Gasteiger partial charge in [0.15, 0.2) is 0 Å². The highest BCUT2D eigenvalue weighted by molar-refractivity contribution is 5.92. The van der Waals surface area contributed by atoms with Gasteiger partial charge in [-0.2, -0.15) is 0 Å². The standard InChI is InChI=1S/C12H12N2.C4H4O4/c13-12-8-4-1-2-6-10(8)14-11-7-3-5-9(11)12;5-3(6)1-2-4(7)8/h1-2,4,6H,3,5,7H2,(H2,13,14);1-2H,(H,5,6)(H,7,8). The van der Waals surface area contributed by atoms with E-state index in [0.717, 1.165) is 29.4 Å². The molecule has 1 aromatic carbocycles. The van der Waals surface area contributed by atoms with Gasteiger partial charge in [0, 0.05) is 28.9 Å². The third kappa shape index (κ3) is 3.60. The fraction of sp³-hybridized carbons (Fsp3) is 0.188. The number of nitrogens with two attached hydrogens (primary N) is 1. The van der Waals surface area contributed by atoms with Gasteiger partial charge < -0.3 is 15.9 Å². The number of benzene rings is 1. The Hall–Kier alpha value is -2.89. The molecule has 1 aromatic heterocycles. The number of pyridine rings is 1. The Morgan fingerprint density at radius 2 is 1.73 bits per heavy atom. The van der Waals surface area contributed by atoms with Crippen LogP contribution in [-0.4, -0.2) is 27.1 Å². The Kier molecular flexibility index (Phi) is 4.73. The Bertz CT molecular complexity index is 737. The summed E-state index contributed by atoms with van der Waals surface area (Å²) in [5.41, 5.74) is 10.6. The molecule has 0 aliphatic heterocycles. The zero-order valence-electron chi connectivity index (χ0n) is 11.8. The van der Waals surface area contributed by atoms with Crippen molar-refractivity contribution < 1.29 is 19.8 Å².